The van der Waals surface area contributed by atoms with Gasteiger partial charge in [-0.3, -0.25) is 0 Å². The van der Waals surface area contributed by atoms with Crippen molar-refractivity contribution in [1.82, 2.24) is 4.98 Å². The molecule has 1 heterocycles. The first-order valence-electron chi connectivity index (χ1n) is 7.67. The second kappa shape index (κ2) is 5.45. The number of pyridine rings is 1. The Bertz CT molecular complexity index is 799. The Morgan fingerprint density at radius 2 is 1.64 bits per heavy atom. The molecule has 0 bridgehead atoms. The van der Waals surface area contributed by atoms with Crippen molar-refractivity contribution >= 4 is 16.6 Å². The van der Waals surface area contributed by atoms with Crippen LogP contribution in [0.5, 0.6) is 0 Å². The number of aromatic nitrogens is 1. The molecule has 0 atom stereocenters. The summed E-state index contributed by atoms with van der Waals surface area (Å²) < 4.78 is 0. The highest BCUT2D eigenvalue weighted by Crippen LogP contribution is 2.30. The molecule has 0 saturated carbocycles. The molecule has 1 aromatic heterocycles. The van der Waals surface area contributed by atoms with Gasteiger partial charge in [-0.25, -0.2) is 4.98 Å². The molecular formula is C20H22N2. The molecule has 0 amide bonds. The Morgan fingerprint density at radius 3 is 2.32 bits per heavy atom. The van der Waals surface area contributed by atoms with E-state index >= 15 is 0 Å². The second-order valence-corrected chi connectivity index (χ2v) is 6.82. The van der Waals surface area contributed by atoms with E-state index in [0.717, 1.165) is 22.5 Å². The molecule has 2 aromatic carbocycles. The highest BCUT2D eigenvalue weighted by atomic mass is 15.0. The van der Waals surface area contributed by atoms with E-state index in [2.05, 4.69) is 69.4 Å². The lowest BCUT2D eigenvalue weighted by Crippen LogP contribution is -2.26. The zero-order valence-electron chi connectivity index (χ0n) is 13.6. The van der Waals surface area contributed by atoms with Gasteiger partial charge in [0.1, 0.15) is 0 Å². The number of aryl methyl sites for hydroxylation is 1. The van der Waals surface area contributed by atoms with Crippen molar-refractivity contribution in [3.63, 3.8) is 0 Å². The molecule has 3 rings (SSSR count). The predicted molar refractivity (Wildman–Crippen MR) is 95.3 cm³/mol. The Balaban J connectivity index is 2.22. The summed E-state index contributed by atoms with van der Waals surface area (Å²) >= 11 is 0. The lowest BCUT2D eigenvalue weighted by Gasteiger charge is -2.24. The number of fused-ring (bicyclic) bond motifs is 1. The molecule has 0 spiro atoms. The fourth-order valence-electron chi connectivity index (χ4n) is 2.60. The lowest BCUT2D eigenvalue weighted by molar-refractivity contribution is 0.635. The average Bonchev–Trinajstić information content (AvgIpc) is 2.47. The summed E-state index contributed by atoms with van der Waals surface area (Å²) in [4.78, 5) is 4.84. The van der Waals surface area contributed by atoms with Crippen LogP contribution in [0.15, 0.2) is 54.6 Å². The van der Waals surface area contributed by atoms with Gasteiger partial charge in [-0.2, -0.15) is 0 Å². The zero-order chi connectivity index (χ0) is 15.7. The number of nitrogens with zero attached hydrogens (tertiary/aromatic N) is 1. The van der Waals surface area contributed by atoms with E-state index in [1.807, 2.05) is 18.2 Å². The van der Waals surface area contributed by atoms with Crippen LogP contribution in [0.25, 0.3) is 22.2 Å². The molecule has 3 aromatic rings. The molecule has 22 heavy (non-hydrogen) atoms. The van der Waals surface area contributed by atoms with Crippen LogP contribution >= 0.6 is 0 Å². The van der Waals surface area contributed by atoms with Crippen molar-refractivity contribution in [3.8, 4) is 11.3 Å². The minimum absolute atomic E-state index is 0.00594. The van der Waals surface area contributed by atoms with E-state index in [1.54, 1.807) is 0 Å². The van der Waals surface area contributed by atoms with E-state index in [0.29, 0.717) is 0 Å². The van der Waals surface area contributed by atoms with Crippen molar-refractivity contribution in [2.24, 2.45) is 0 Å². The number of nitrogens with one attached hydrogen (secondary N) is 1. The third-order valence-corrected chi connectivity index (χ3v) is 3.54. The Kier molecular flexibility index (Phi) is 3.61. The molecule has 0 radical (unpaired) electrons. The fraction of sp³-hybridized carbons (Fsp3) is 0.250. The fourth-order valence-corrected chi connectivity index (χ4v) is 2.60. The molecule has 0 aliphatic rings. The van der Waals surface area contributed by atoms with Gasteiger partial charge in [0.25, 0.3) is 0 Å². The highest BCUT2D eigenvalue weighted by Gasteiger charge is 2.14. The van der Waals surface area contributed by atoms with Gasteiger partial charge in [-0.15, -0.1) is 0 Å². The third kappa shape index (κ3) is 3.11. The largest absolute Gasteiger partial charge is 0.380 e. The van der Waals surface area contributed by atoms with E-state index in [9.17, 15) is 0 Å². The third-order valence-electron chi connectivity index (χ3n) is 3.54. The van der Waals surface area contributed by atoms with Gasteiger partial charge < -0.3 is 5.32 Å². The second-order valence-electron chi connectivity index (χ2n) is 6.82. The number of anilines is 1. The van der Waals surface area contributed by atoms with Crippen LogP contribution < -0.4 is 5.32 Å². The summed E-state index contributed by atoms with van der Waals surface area (Å²) in [7, 11) is 0. The topological polar surface area (TPSA) is 24.9 Å². The van der Waals surface area contributed by atoms with Gasteiger partial charge in [0.15, 0.2) is 0 Å². The SMILES string of the molecule is Cc1ccc2nc(-c3ccccc3)cc(NC(C)(C)C)c2c1. The van der Waals surface area contributed by atoms with Crippen LogP contribution in [0.2, 0.25) is 0 Å². The van der Waals surface area contributed by atoms with Crippen LogP contribution in [0, 0.1) is 6.92 Å². The predicted octanol–water partition coefficient (Wildman–Crippen LogP) is 5.42. The van der Waals surface area contributed by atoms with Gasteiger partial charge >= 0.3 is 0 Å². The summed E-state index contributed by atoms with van der Waals surface area (Å²) in [6, 6.07) is 18.9. The summed E-state index contributed by atoms with van der Waals surface area (Å²) in [5.41, 5.74) is 5.56. The minimum atomic E-state index is 0.00594. The Hall–Kier alpha value is -2.35. The van der Waals surface area contributed by atoms with E-state index < -0.39 is 0 Å². The zero-order valence-corrected chi connectivity index (χ0v) is 13.6. The van der Waals surface area contributed by atoms with E-state index in [4.69, 9.17) is 4.98 Å². The molecule has 0 fully saturated rings. The van der Waals surface area contributed by atoms with Gasteiger partial charge in [0.2, 0.25) is 0 Å². The molecule has 0 saturated heterocycles. The summed E-state index contributed by atoms with van der Waals surface area (Å²) in [6.07, 6.45) is 0. The molecule has 2 heteroatoms. The highest BCUT2D eigenvalue weighted by molar-refractivity contribution is 5.94. The Morgan fingerprint density at radius 1 is 0.909 bits per heavy atom. The summed E-state index contributed by atoms with van der Waals surface area (Å²) in [6.45, 7) is 8.65. The average molecular weight is 290 g/mol. The maximum absolute atomic E-state index is 4.84. The van der Waals surface area contributed by atoms with E-state index in [-0.39, 0.29) is 5.54 Å². The monoisotopic (exact) mass is 290 g/mol. The van der Waals surface area contributed by atoms with Crippen LogP contribution in [-0.4, -0.2) is 10.5 Å². The smallest absolute Gasteiger partial charge is 0.0730 e. The normalized spacial score (nSPS) is 11.6. The molecule has 0 aliphatic heterocycles. The van der Waals surface area contributed by atoms with Crippen LogP contribution in [-0.2, 0) is 0 Å². The van der Waals surface area contributed by atoms with Crippen LogP contribution in [0.1, 0.15) is 26.3 Å². The van der Waals surface area contributed by atoms with Crippen molar-refractivity contribution < 1.29 is 0 Å². The van der Waals surface area contributed by atoms with E-state index in [1.165, 1.54) is 10.9 Å². The first kappa shape index (κ1) is 14.6. The van der Waals surface area contributed by atoms with Crippen LogP contribution in [0.3, 0.4) is 0 Å². The van der Waals surface area contributed by atoms with Crippen molar-refractivity contribution in [3.05, 3.63) is 60.2 Å². The van der Waals surface area contributed by atoms with Crippen molar-refractivity contribution in [2.45, 2.75) is 33.2 Å². The molecular weight excluding hydrogens is 268 g/mol. The first-order valence-corrected chi connectivity index (χ1v) is 7.67. The molecule has 0 aliphatic carbocycles. The van der Waals surface area contributed by atoms with Crippen LogP contribution in [0.4, 0.5) is 5.69 Å². The maximum Gasteiger partial charge on any atom is 0.0730 e. The van der Waals surface area contributed by atoms with Gasteiger partial charge in [0.05, 0.1) is 11.2 Å². The Labute approximate surface area is 132 Å². The molecule has 0 unspecified atom stereocenters. The maximum atomic E-state index is 4.84. The molecule has 2 nitrogen and oxygen atoms in total. The number of hydrogen-bond donors (Lipinski definition) is 1. The number of benzene rings is 2. The van der Waals surface area contributed by atoms with Crippen molar-refractivity contribution in [2.75, 3.05) is 5.32 Å². The quantitative estimate of drug-likeness (QED) is 0.681. The number of rotatable bonds is 2. The first-order chi connectivity index (χ1) is 10.4. The molecule has 1 N–H and O–H groups in total. The van der Waals surface area contributed by atoms with Crippen molar-refractivity contribution in [1.29, 1.82) is 0 Å². The van der Waals surface area contributed by atoms with Gasteiger partial charge in [-0.05, 0) is 45.9 Å². The lowest BCUT2D eigenvalue weighted by atomic mass is 10.0. The van der Waals surface area contributed by atoms with Gasteiger partial charge in [-0.1, -0.05) is 42.0 Å². The summed E-state index contributed by atoms with van der Waals surface area (Å²) in [5, 5.41) is 4.80. The van der Waals surface area contributed by atoms with Gasteiger partial charge in [0, 0.05) is 22.2 Å². The number of hydrogen-bond acceptors (Lipinski definition) is 2. The standard InChI is InChI=1S/C20H22N2/c1-14-10-11-17-16(12-14)19(22-20(2,3)4)13-18(21-17)15-8-6-5-7-9-15/h5-13H,1-4H3,(H,21,22). The summed E-state index contributed by atoms with van der Waals surface area (Å²) in [5.74, 6) is 0. The minimum Gasteiger partial charge on any atom is -0.380 e. The molecule has 112 valence electrons.